The number of thioether (sulfide) groups is 1. The summed E-state index contributed by atoms with van der Waals surface area (Å²) in [7, 11) is 2.11. The highest BCUT2D eigenvalue weighted by atomic mass is 32.2. The summed E-state index contributed by atoms with van der Waals surface area (Å²) in [6, 6.07) is 14.1. The smallest absolute Gasteiger partial charge is 0.269 e. The van der Waals surface area contributed by atoms with Crippen LogP contribution in [0.2, 0.25) is 0 Å². The number of nitrogens with one attached hydrogen (secondary N) is 1. The summed E-state index contributed by atoms with van der Waals surface area (Å²) in [5, 5.41) is 13.7. The van der Waals surface area contributed by atoms with Crippen molar-refractivity contribution in [2.45, 2.75) is 4.90 Å². The first-order chi connectivity index (χ1) is 13.0. The number of nitrogens with zero attached hydrogens (tertiary/aromatic N) is 3. The van der Waals surface area contributed by atoms with Gasteiger partial charge in [0.15, 0.2) is 0 Å². The third-order valence-electron chi connectivity index (χ3n) is 4.44. The van der Waals surface area contributed by atoms with E-state index >= 15 is 0 Å². The van der Waals surface area contributed by atoms with Crippen LogP contribution in [-0.4, -0.2) is 54.7 Å². The van der Waals surface area contributed by atoms with Gasteiger partial charge < -0.3 is 15.1 Å². The lowest BCUT2D eigenvalue weighted by molar-refractivity contribution is -0.384. The number of hydrogen-bond acceptors (Lipinski definition) is 6. The molecule has 2 aromatic carbocycles. The number of piperazine rings is 1. The van der Waals surface area contributed by atoms with E-state index in [-0.39, 0.29) is 17.3 Å². The van der Waals surface area contributed by atoms with Crippen molar-refractivity contribution in [1.82, 2.24) is 4.90 Å². The Labute approximate surface area is 162 Å². The van der Waals surface area contributed by atoms with E-state index in [9.17, 15) is 14.9 Å². The number of nitro groups is 1. The van der Waals surface area contributed by atoms with Crippen LogP contribution >= 0.6 is 11.8 Å². The molecule has 1 aliphatic rings. The van der Waals surface area contributed by atoms with Crippen LogP contribution in [0.25, 0.3) is 0 Å². The lowest BCUT2D eigenvalue weighted by Crippen LogP contribution is -2.44. The van der Waals surface area contributed by atoms with E-state index in [1.54, 1.807) is 12.1 Å². The van der Waals surface area contributed by atoms with Gasteiger partial charge in [0, 0.05) is 43.2 Å². The van der Waals surface area contributed by atoms with Crippen molar-refractivity contribution in [2.24, 2.45) is 0 Å². The second-order valence-corrected chi connectivity index (χ2v) is 7.44. The Hall–Kier alpha value is -2.58. The highest BCUT2D eigenvalue weighted by Gasteiger charge is 2.17. The second kappa shape index (κ2) is 8.88. The Morgan fingerprint density at radius 1 is 1.11 bits per heavy atom. The molecule has 0 bridgehead atoms. The maximum absolute atomic E-state index is 12.4. The van der Waals surface area contributed by atoms with E-state index in [2.05, 4.69) is 22.2 Å². The van der Waals surface area contributed by atoms with Crippen molar-refractivity contribution < 1.29 is 9.72 Å². The molecule has 0 atom stereocenters. The van der Waals surface area contributed by atoms with Gasteiger partial charge in [-0.2, -0.15) is 0 Å². The van der Waals surface area contributed by atoms with Gasteiger partial charge in [0.05, 0.1) is 22.1 Å². The molecule has 1 amide bonds. The SMILES string of the molecule is CN1CCN(c2ccccc2NC(=O)CSc2ccc([N+](=O)[O-])cc2)CC1. The predicted octanol–water partition coefficient (Wildman–Crippen LogP) is 3.08. The van der Waals surface area contributed by atoms with Crippen molar-refractivity contribution in [3.63, 3.8) is 0 Å². The Kier molecular flexibility index (Phi) is 6.31. The standard InChI is InChI=1S/C19H22N4O3S/c1-21-10-12-22(13-11-21)18-5-3-2-4-17(18)20-19(24)14-27-16-8-6-15(7-9-16)23(25)26/h2-9H,10-14H2,1H3,(H,20,24). The van der Waals surface area contributed by atoms with Gasteiger partial charge in [-0.05, 0) is 31.3 Å². The normalized spacial score (nSPS) is 14.8. The number of benzene rings is 2. The van der Waals surface area contributed by atoms with Crippen LogP contribution in [0, 0.1) is 10.1 Å². The van der Waals surface area contributed by atoms with Crippen molar-refractivity contribution >= 4 is 34.7 Å². The molecule has 1 heterocycles. The van der Waals surface area contributed by atoms with Gasteiger partial charge in [0.25, 0.3) is 5.69 Å². The largest absolute Gasteiger partial charge is 0.367 e. The Morgan fingerprint density at radius 2 is 1.78 bits per heavy atom. The molecule has 0 spiro atoms. The van der Waals surface area contributed by atoms with Gasteiger partial charge in [-0.3, -0.25) is 14.9 Å². The number of para-hydroxylation sites is 2. The number of non-ortho nitro benzene ring substituents is 1. The first-order valence-electron chi connectivity index (χ1n) is 8.72. The molecule has 1 aliphatic heterocycles. The summed E-state index contributed by atoms with van der Waals surface area (Å²) in [6.45, 7) is 3.86. The lowest BCUT2D eigenvalue weighted by Gasteiger charge is -2.35. The van der Waals surface area contributed by atoms with E-state index in [0.717, 1.165) is 42.4 Å². The first kappa shape index (κ1) is 19.2. The van der Waals surface area contributed by atoms with Crippen LogP contribution in [0.15, 0.2) is 53.4 Å². The molecule has 142 valence electrons. The fourth-order valence-corrected chi connectivity index (χ4v) is 3.60. The van der Waals surface area contributed by atoms with E-state index in [1.807, 2.05) is 24.3 Å². The van der Waals surface area contributed by atoms with Crippen LogP contribution in [0.5, 0.6) is 0 Å². The maximum atomic E-state index is 12.4. The Balaban J connectivity index is 1.58. The lowest BCUT2D eigenvalue weighted by atomic mass is 10.2. The minimum absolute atomic E-state index is 0.0462. The number of carbonyl (C=O) groups excluding carboxylic acids is 1. The van der Waals surface area contributed by atoms with Crippen molar-refractivity contribution in [1.29, 1.82) is 0 Å². The van der Waals surface area contributed by atoms with Gasteiger partial charge in [0.1, 0.15) is 0 Å². The first-order valence-corrected chi connectivity index (χ1v) is 9.71. The average Bonchev–Trinajstić information content (AvgIpc) is 2.68. The molecule has 1 saturated heterocycles. The van der Waals surface area contributed by atoms with Gasteiger partial charge in [-0.1, -0.05) is 12.1 Å². The maximum Gasteiger partial charge on any atom is 0.269 e. The number of amides is 1. The van der Waals surface area contributed by atoms with Crippen molar-refractivity contribution in [2.75, 3.05) is 49.2 Å². The molecule has 0 radical (unpaired) electrons. The molecular formula is C19H22N4O3S. The molecule has 1 fully saturated rings. The summed E-state index contributed by atoms with van der Waals surface area (Å²) in [5.41, 5.74) is 1.90. The number of hydrogen-bond donors (Lipinski definition) is 1. The van der Waals surface area contributed by atoms with Crippen LogP contribution in [-0.2, 0) is 4.79 Å². The highest BCUT2D eigenvalue weighted by molar-refractivity contribution is 8.00. The minimum atomic E-state index is -0.434. The average molecular weight is 386 g/mol. The van der Waals surface area contributed by atoms with E-state index in [1.165, 1.54) is 23.9 Å². The quantitative estimate of drug-likeness (QED) is 0.467. The number of carbonyl (C=O) groups is 1. The van der Waals surface area contributed by atoms with Crippen LogP contribution in [0.3, 0.4) is 0 Å². The van der Waals surface area contributed by atoms with Gasteiger partial charge in [-0.15, -0.1) is 11.8 Å². The molecule has 27 heavy (non-hydrogen) atoms. The molecule has 0 saturated carbocycles. The van der Waals surface area contributed by atoms with Crippen LogP contribution in [0.1, 0.15) is 0 Å². The topological polar surface area (TPSA) is 78.7 Å². The summed E-state index contributed by atoms with van der Waals surface area (Å²) in [6.07, 6.45) is 0. The van der Waals surface area contributed by atoms with E-state index < -0.39 is 4.92 Å². The molecule has 2 aromatic rings. The number of likely N-dealkylation sites (N-methyl/N-ethyl adjacent to an activating group) is 1. The van der Waals surface area contributed by atoms with E-state index in [4.69, 9.17) is 0 Å². The number of anilines is 2. The summed E-state index contributed by atoms with van der Waals surface area (Å²) >= 11 is 1.36. The molecule has 8 heteroatoms. The molecule has 0 aromatic heterocycles. The van der Waals surface area contributed by atoms with E-state index in [0.29, 0.717) is 0 Å². The fraction of sp³-hybridized carbons (Fsp3) is 0.316. The summed E-state index contributed by atoms with van der Waals surface area (Å²) < 4.78 is 0. The van der Waals surface area contributed by atoms with Gasteiger partial charge in [0.2, 0.25) is 5.91 Å². The highest BCUT2D eigenvalue weighted by Crippen LogP contribution is 2.27. The van der Waals surface area contributed by atoms with Crippen molar-refractivity contribution in [3.8, 4) is 0 Å². The summed E-state index contributed by atoms with van der Waals surface area (Å²) in [4.78, 5) is 28.0. The third-order valence-corrected chi connectivity index (χ3v) is 5.45. The minimum Gasteiger partial charge on any atom is -0.367 e. The monoisotopic (exact) mass is 386 g/mol. The number of rotatable bonds is 6. The third kappa shape index (κ3) is 5.21. The molecule has 0 aliphatic carbocycles. The van der Waals surface area contributed by atoms with Crippen LogP contribution in [0.4, 0.5) is 17.1 Å². The van der Waals surface area contributed by atoms with Crippen LogP contribution < -0.4 is 10.2 Å². The fourth-order valence-electron chi connectivity index (χ4n) is 2.90. The number of nitro benzene ring substituents is 1. The molecule has 0 unspecified atom stereocenters. The van der Waals surface area contributed by atoms with Crippen molar-refractivity contribution in [3.05, 3.63) is 58.6 Å². The zero-order valence-corrected chi connectivity index (χ0v) is 15.9. The molecule has 3 rings (SSSR count). The Bertz CT molecular complexity index is 805. The molecule has 7 nitrogen and oxygen atoms in total. The Morgan fingerprint density at radius 3 is 2.44 bits per heavy atom. The zero-order valence-electron chi connectivity index (χ0n) is 15.1. The van der Waals surface area contributed by atoms with Gasteiger partial charge >= 0.3 is 0 Å². The summed E-state index contributed by atoms with van der Waals surface area (Å²) in [5.74, 6) is 0.148. The zero-order chi connectivity index (χ0) is 19.2. The predicted molar refractivity (Wildman–Crippen MR) is 109 cm³/mol. The van der Waals surface area contributed by atoms with Gasteiger partial charge in [-0.25, -0.2) is 0 Å². The molecular weight excluding hydrogens is 364 g/mol. The second-order valence-electron chi connectivity index (χ2n) is 6.40. The molecule has 1 N–H and O–H groups in total.